The fourth-order valence-corrected chi connectivity index (χ4v) is 0.804. The van der Waals surface area contributed by atoms with Gasteiger partial charge in [-0.05, 0) is 12.1 Å². The number of rotatable bonds is 1. The second-order valence-corrected chi connectivity index (χ2v) is 2.34. The predicted octanol–water partition coefficient (Wildman–Crippen LogP) is 2.70. The molecule has 0 radical (unpaired) electrons. The van der Waals surface area contributed by atoms with Crippen LogP contribution in [0, 0.1) is 0 Å². The predicted molar refractivity (Wildman–Crippen MR) is 47.5 cm³/mol. The van der Waals surface area contributed by atoms with E-state index in [-0.39, 0.29) is 0 Å². The van der Waals surface area contributed by atoms with E-state index >= 15 is 0 Å². The summed E-state index contributed by atoms with van der Waals surface area (Å²) in [6, 6.07) is 9.58. The SMILES string of the molecule is C1=CC(N=Nc2ccccc2)=N1. The molecule has 1 aliphatic heterocycles. The van der Waals surface area contributed by atoms with Crippen molar-refractivity contribution >= 4 is 11.5 Å². The maximum Gasteiger partial charge on any atom is 0.175 e. The van der Waals surface area contributed by atoms with Crippen molar-refractivity contribution in [1.82, 2.24) is 0 Å². The molecule has 0 saturated carbocycles. The van der Waals surface area contributed by atoms with Crippen molar-refractivity contribution in [2.75, 3.05) is 0 Å². The molecule has 0 fully saturated rings. The molecule has 0 N–H and O–H groups in total. The van der Waals surface area contributed by atoms with E-state index in [4.69, 9.17) is 0 Å². The molecule has 3 nitrogen and oxygen atoms in total. The fourth-order valence-electron chi connectivity index (χ4n) is 0.804. The molecule has 12 heavy (non-hydrogen) atoms. The number of azo groups is 1. The van der Waals surface area contributed by atoms with Crippen molar-refractivity contribution in [2.45, 2.75) is 0 Å². The molecule has 0 amide bonds. The van der Waals surface area contributed by atoms with Gasteiger partial charge in [-0.3, -0.25) is 0 Å². The van der Waals surface area contributed by atoms with Crippen LogP contribution in [0.15, 0.2) is 57.8 Å². The summed E-state index contributed by atoms with van der Waals surface area (Å²) in [7, 11) is 0. The molecular formula is C9H7N3. The van der Waals surface area contributed by atoms with Crippen LogP contribution in [0.4, 0.5) is 5.69 Å². The highest BCUT2D eigenvalue weighted by molar-refractivity contribution is 5.97. The Morgan fingerprint density at radius 1 is 1.00 bits per heavy atom. The minimum absolute atomic E-state index is 0.679. The minimum Gasteiger partial charge on any atom is -0.235 e. The van der Waals surface area contributed by atoms with Crippen LogP contribution >= 0.6 is 0 Å². The summed E-state index contributed by atoms with van der Waals surface area (Å²) in [6.07, 6.45) is 3.51. The molecular weight excluding hydrogens is 150 g/mol. The Hall–Kier alpha value is -1.77. The number of amidine groups is 1. The highest BCUT2D eigenvalue weighted by Gasteiger charge is 1.95. The van der Waals surface area contributed by atoms with Gasteiger partial charge in [0.15, 0.2) is 5.84 Å². The van der Waals surface area contributed by atoms with Crippen LogP contribution in [-0.2, 0) is 0 Å². The van der Waals surface area contributed by atoms with E-state index in [2.05, 4.69) is 15.2 Å². The van der Waals surface area contributed by atoms with Crippen LogP contribution in [0.1, 0.15) is 0 Å². The highest BCUT2D eigenvalue weighted by Crippen LogP contribution is 2.11. The van der Waals surface area contributed by atoms with Crippen LogP contribution < -0.4 is 0 Å². The van der Waals surface area contributed by atoms with Gasteiger partial charge in [0.05, 0.1) is 5.69 Å². The molecule has 58 valence electrons. The Morgan fingerprint density at radius 2 is 1.75 bits per heavy atom. The summed E-state index contributed by atoms with van der Waals surface area (Å²) in [6.45, 7) is 0. The maximum absolute atomic E-state index is 3.97. The summed E-state index contributed by atoms with van der Waals surface area (Å²) in [5, 5.41) is 7.86. The number of aliphatic imine (C=N–C) groups is 1. The zero-order valence-electron chi connectivity index (χ0n) is 6.38. The second-order valence-electron chi connectivity index (χ2n) is 2.34. The fraction of sp³-hybridized carbons (Fsp3) is 0. The summed E-state index contributed by atoms with van der Waals surface area (Å²) < 4.78 is 0. The van der Waals surface area contributed by atoms with E-state index < -0.39 is 0 Å². The third-order valence-corrected chi connectivity index (χ3v) is 1.45. The molecule has 0 aromatic heterocycles. The second kappa shape index (κ2) is 3.09. The standard InChI is InChI=1S/C9H7N3/c1-2-4-8(5-3-1)11-12-9-6-7-10-9/h1-7H. The molecule has 0 unspecified atom stereocenters. The third kappa shape index (κ3) is 1.45. The molecule has 0 spiro atoms. The normalized spacial score (nSPS) is 14.5. The van der Waals surface area contributed by atoms with Gasteiger partial charge in [-0.2, -0.15) is 0 Å². The van der Waals surface area contributed by atoms with E-state index in [1.165, 1.54) is 0 Å². The topological polar surface area (TPSA) is 37.1 Å². The van der Waals surface area contributed by atoms with Crippen molar-refractivity contribution in [1.29, 1.82) is 0 Å². The van der Waals surface area contributed by atoms with Crippen molar-refractivity contribution < 1.29 is 0 Å². The molecule has 0 bridgehead atoms. The zero-order valence-corrected chi connectivity index (χ0v) is 6.38. The van der Waals surface area contributed by atoms with E-state index in [1.54, 1.807) is 6.20 Å². The Bertz CT molecular complexity index is 349. The number of benzene rings is 1. The average molecular weight is 157 g/mol. The van der Waals surface area contributed by atoms with Crippen LogP contribution in [0.3, 0.4) is 0 Å². The van der Waals surface area contributed by atoms with Crippen LogP contribution in [0.5, 0.6) is 0 Å². The first kappa shape index (κ1) is 6.91. The lowest BCUT2D eigenvalue weighted by Gasteiger charge is -1.95. The molecule has 0 atom stereocenters. The van der Waals surface area contributed by atoms with Crippen LogP contribution in [0.25, 0.3) is 0 Å². The molecule has 1 aromatic carbocycles. The van der Waals surface area contributed by atoms with Gasteiger partial charge in [0.25, 0.3) is 0 Å². The smallest absolute Gasteiger partial charge is 0.175 e. The quantitative estimate of drug-likeness (QED) is 0.562. The molecule has 1 aliphatic rings. The van der Waals surface area contributed by atoms with Gasteiger partial charge in [-0.1, -0.05) is 18.2 Å². The first-order valence-corrected chi connectivity index (χ1v) is 3.66. The van der Waals surface area contributed by atoms with Gasteiger partial charge in [-0.25, -0.2) is 4.99 Å². The van der Waals surface area contributed by atoms with E-state index in [1.807, 2.05) is 36.4 Å². The van der Waals surface area contributed by atoms with Crippen molar-refractivity contribution in [3.63, 3.8) is 0 Å². The van der Waals surface area contributed by atoms with Gasteiger partial charge < -0.3 is 0 Å². The Balaban J connectivity index is 2.08. The van der Waals surface area contributed by atoms with E-state index in [0.717, 1.165) is 5.69 Å². The largest absolute Gasteiger partial charge is 0.235 e. The van der Waals surface area contributed by atoms with Gasteiger partial charge in [0, 0.05) is 12.3 Å². The van der Waals surface area contributed by atoms with Gasteiger partial charge in [-0.15, -0.1) is 10.2 Å². The maximum atomic E-state index is 3.97. The summed E-state index contributed by atoms with van der Waals surface area (Å²) in [5.74, 6) is 0.679. The van der Waals surface area contributed by atoms with Crippen molar-refractivity contribution in [3.05, 3.63) is 42.6 Å². The Kier molecular flexibility index (Phi) is 1.78. The van der Waals surface area contributed by atoms with E-state index in [9.17, 15) is 0 Å². The first-order valence-electron chi connectivity index (χ1n) is 3.66. The summed E-state index contributed by atoms with van der Waals surface area (Å²) >= 11 is 0. The minimum atomic E-state index is 0.679. The molecule has 2 rings (SSSR count). The van der Waals surface area contributed by atoms with Crippen LogP contribution in [-0.4, -0.2) is 5.84 Å². The molecule has 3 heteroatoms. The van der Waals surface area contributed by atoms with Gasteiger partial charge in [0.2, 0.25) is 0 Å². The van der Waals surface area contributed by atoms with Crippen molar-refractivity contribution in [2.24, 2.45) is 15.2 Å². The van der Waals surface area contributed by atoms with Crippen molar-refractivity contribution in [3.8, 4) is 0 Å². The lowest BCUT2D eigenvalue weighted by molar-refractivity contribution is 1.25. The Labute approximate surface area is 70.2 Å². The summed E-state index contributed by atoms with van der Waals surface area (Å²) in [5.41, 5.74) is 0.848. The first-order chi connectivity index (χ1) is 5.95. The third-order valence-electron chi connectivity index (χ3n) is 1.45. The van der Waals surface area contributed by atoms with E-state index in [0.29, 0.717) is 5.84 Å². The zero-order chi connectivity index (χ0) is 8.23. The molecule has 1 aromatic rings. The monoisotopic (exact) mass is 157 g/mol. The lowest BCUT2D eigenvalue weighted by atomic mass is 10.3. The lowest BCUT2D eigenvalue weighted by Crippen LogP contribution is -1.91. The Morgan fingerprint density at radius 3 is 2.33 bits per heavy atom. The number of hydrogen-bond donors (Lipinski definition) is 0. The average Bonchev–Trinajstić information content (AvgIpc) is 2.04. The molecule has 1 heterocycles. The summed E-state index contributed by atoms with van der Waals surface area (Å²) in [4.78, 5) is 3.86. The molecule has 0 saturated heterocycles. The van der Waals surface area contributed by atoms with Gasteiger partial charge in [0.1, 0.15) is 0 Å². The number of nitrogens with zero attached hydrogens (tertiary/aromatic N) is 3. The van der Waals surface area contributed by atoms with Crippen LogP contribution in [0.2, 0.25) is 0 Å². The van der Waals surface area contributed by atoms with Gasteiger partial charge >= 0.3 is 0 Å². The highest BCUT2D eigenvalue weighted by atomic mass is 15.2. The number of hydrogen-bond acceptors (Lipinski definition) is 3. The molecule has 0 aliphatic carbocycles.